The van der Waals surface area contributed by atoms with Gasteiger partial charge in [-0.15, -0.1) is 19.0 Å². The lowest BCUT2D eigenvalue weighted by molar-refractivity contribution is -0.318. The fourth-order valence-electron chi connectivity index (χ4n) is 1.32. The lowest BCUT2D eigenvalue weighted by Gasteiger charge is -2.21. The Bertz CT molecular complexity index is 495. The van der Waals surface area contributed by atoms with Crippen molar-refractivity contribution in [1.29, 1.82) is 0 Å². The largest absolute Gasteiger partial charge is 0.538 e. The minimum Gasteiger partial charge on any atom is -0.222 e. The van der Waals surface area contributed by atoms with Gasteiger partial charge in [0.15, 0.2) is 0 Å². The van der Waals surface area contributed by atoms with Crippen molar-refractivity contribution in [3.05, 3.63) is 29.8 Å². The molecule has 3 saturated heterocycles. The summed E-state index contributed by atoms with van der Waals surface area (Å²) < 4.78 is 61.9. The van der Waals surface area contributed by atoms with Crippen LogP contribution in [0.25, 0.3) is 0 Å². The maximum Gasteiger partial charge on any atom is 0.538 e. The average Bonchev–Trinajstić information content (AvgIpc) is 2.70. The van der Waals surface area contributed by atoms with Crippen molar-refractivity contribution in [1.82, 2.24) is 5.34 Å². The first-order valence-electron chi connectivity index (χ1n) is 4.34. The second kappa shape index (κ2) is 3.21. The number of halogens is 3. The van der Waals surface area contributed by atoms with E-state index < -0.39 is 19.6 Å². The van der Waals surface area contributed by atoms with E-state index in [1.807, 2.05) is 0 Å². The van der Waals surface area contributed by atoms with Gasteiger partial charge in [0.2, 0.25) is 0 Å². The monoisotopic (exact) mass is 268 g/mol. The molecule has 0 radical (unpaired) electrons. The molecule has 3 fully saturated rings. The van der Waals surface area contributed by atoms with Gasteiger partial charge in [-0.3, -0.25) is 0 Å². The van der Waals surface area contributed by atoms with Crippen LogP contribution in [0.15, 0.2) is 24.3 Å². The first kappa shape index (κ1) is 11.0. The molecule has 0 N–H and O–H groups in total. The van der Waals surface area contributed by atoms with Gasteiger partial charge in [-0.05, 0) is 24.3 Å². The first-order chi connectivity index (χ1) is 7.87. The molecule has 10 heteroatoms. The molecule has 6 nitrogen and oxygen atoms in total. The highest BCUT2D eigenvalue weighted by molar-refractivity contribution is 7.49. The summed E-state index contributed by atoms with van der Waals surface area (Å²) in [5.41, 5.74) is -0.593. The van der Waals surface area contributed by atoms with Crippen molar-refractivity contribution in [2.24, 2.45) is 0 Å². The maximum absolute atomic E-state index is 12.3. The third-order valence-corrected chi connectivity index (χ3v) is 3.11. The molecule has 3 aliphatic rings. The van der Waals surface area contributed by atoms with Crippen LogP contribution >= 0.6 is 7.82 Å². The SMILES string of the molecule is O=P12ON(O1)N(c1ccc(C(F)(F)F)cc1)O2. The molecule has 3 aliphatic heterocycles. The number of hydrogen-bond donors (Lipinski definition) is 0. The highest BCUT2D eigenvalue weighted by atomic mass is 31.2. The van der Waals surface area contributed by atoms with Crippen molar-refractivity contribution in [2.45, 2.75) is 6.18 Å². The van der Waals surface area contributed by atoms with E-state index in [2.05, 4.69) is 9.25 Å². The van der Waals surface area contributed by atoms with E-state index in [9.17, 15) is 17.7 Å². The predicted octanol–water partition coefficient (Wildman–Crippen LogP) is 2.66. The molecule has 0 unspecified atom stereocenters. The van der Waals surface area contributed by atoms with Gasteiger partial charge in [0.25, 0.3) is 0 Å². The minimum absolute atomic E-state index is 0.202. The summed E-state index contributed by atoms with van der Waals surface area (Å²) in [6.45, 7) is 0. The van der Waals surface area contributed by atoms with Crippen LogP contribution in [0.5, 0.6) is 0 Å². The number of fused-ring (bicyclic) bond motifs is 1. The zero-order chi connectivity index (χ0) is 12.3. The van der Waals surface area contributed by atoms with E-state index in [0.717, 1.165) is 29.4 Å². The lowest BCUT2D eigenvalue weighted by Crippen LogP contribution is -2.34. The molecular weight excluding hydrogens is 264 g/mol. The Hall–Kier alpha value is -1.12. The highest BCUT2D eigenvalue weighted by Gasteiger charge is 2.60. The first-order valence-corrected chi connectivity index (χ1v) is 5.80. The molecule has 1 aromatic rings. The molecular formula is C7H4F3N2O4P. The number of hydrogen-bond acceptors (Lipinski definition) is 6. The molecule has 0 atom stereocenters. The third-order valence-electron chi connectivity index (χ3n) is 2.08. The van der Waals surface area contributed by atoms with E-state index in [1.54, 1.807) is 0 Å². The number of anilines is 1. The van der Waals surface area contributed by atoms with Crippen LogP contribution < -0.4 is 5.17 Å². The van der Waals surface area contributed by atoms with Crippen molar-refractivity contribution in [3.8, 4) is 0 Å². The van der Waals surface area contributed by atoms with Gasteiger partial charge >= 0.3 is 14.0 Å². The zero-order valence-electron chi connectivity index (χ0n) is 7.92. The smallest absolute Gasteiger partial charge is 0.222 e. The van der Waals surface area contributed by atoms with Crippen molar-refractivity contribution >= 4 is 13.5 Å². The number of nitrogens with zero attached hydrogens (tertiary/aromatic N) is 2. The van der Waals surface area contributed by atoms with Crippen molar-refractivity contribution in [2.75, 3.05) is 5.17 Å². The van der Waals surface area contributed by atoms with Crippen LogP contribution in [0.2, 0.25) is 0 Å². The minimum atomic E-state index is -4.41. The van der Waals surface area contributed by atoms with Gasteiger partial charge in [0.1, 0.15) is 0 Å². The maximum atomic E-state index is 12.3. The van der Waals surface area contributed by atoms with Crippen LogP contribution in [-0.2, 0) is 24.6 Å². The van der Waals surface area contributed by atoms with Gasteiger partial charge in [-0.25, -0.2) is 4.57 Å². The summed E-state index contributed by atoms with van der Waals surface area (Å²) in [6.07, 6.45) is -4.41. The highest BCUT2D eigenvalue weighted by Crippen LogP contribution is 2.67. The molecule has 4 rings (SSSR count). The Morgan fingerprint density at radius 3 is 2.06 bits per heavy atom. The quantitative estimate of drug-likeness (QED) is 0.730. The van der Waals surface area contributed by atoms with Gasteiger partial charge in [0.05, 0.1) is 16.6 Å². The second-order valence-electron chi connectivity index (χ2n) is 3.25. The standard InChI is InChI=1S/C7H4F3N2O4P/c8-7(9,10)5-1-3-6(4-2-5)11-12-15-17(13,14-11)16-12/h1-4H. The molecule has 1 aromatic carbocycles. The molecule has 17 heavy (non-hydrogen) atoms. The van der Waals surface area contributed by atoms with E-state index in [4.69, 9.17) is 4.62 Å². The number of alkyl halides is 3. The van der Waals surface area contributed by atoms with Crippen LogP contribution in [0.4, 0.5) is 18.9 Å². The molecule has 92 valence electrons. The Labute approximate surface area is 92.5 Å². The summed E-state index contributed by atoms with van der Waals surface area (Å²) in [5, 5.41) is 1.55. The fourth-order valence-corrected chi connectivity index (χ4v) is 2.21. The van der Waals surface area contributed by atoms with Gasteiger partial charge in [-0.2, -0.15) is 13.2 Å². The molecule has 2 bridgehead atoms. The predicted molar refractivity (Wildman–Crippen MR) is 46.6 cm³/mol. The van der Waals surface area contributed by atoms with Gasteiger partial charge in [-0.1, -0.05) is 0 Å². The van der Waals surface area contributed by atoms with Crippen LogP contribution in [0.1, 0.15) is 5.56 Å². The Balaban J connectivity index is 1.84. The number of hydrazine groups is 1. The van der Waals surface area contributed by atoms with E-state index >= 15 is 0 Å². The summed E-state index contributed by atoms with van der Waals surface area (Å²) in [4.78, 5) is 0. The summed E-state index contributed by atoms with van der Waals surface area (Å²) in [5.74, 6) is 0. The third kappa shape index (κ3) is 1.72. The Morgan fingerprint density at radius 1 is 1.06 bits per heavy atom. The summed E-state index contributed by atoms with van der Waals surface area (Å²) in [6, 6.07) is 4.02. The van der Waals surface area contributed by atoms with E-state index in [-0.39, 0.29) is 5.69 Å². The molecule has 0 amide bonds. The van der Waals surface area contributed by atoms with Gasteiger partial charge in [0, 0.05) is 0 Å². The second-order valence-corrected chi connectivity index (χ2v) is 4.63. The van der Waals surface area contributed by atoms with Crippen LogP contribution in [-0.4, -0.2) is 5.34 Å². The number of rotatable bonds is 1. The molecule has 0 spiro atoms. The van der Waals surface area contributed by atoms with Crippen LogP contribution in [0.3, 0.4) is 0 Å². The average molecular weight is 268 g/mol. The molecule has 0 aromatic heterocycles. The fraction of sp³-hybridized carbons (Fsp3) is 0.143. The van der Waals surface area contributed by atoms with Crippen molar-refractivity contribution in [3.63, 3.8) is 0 Å². The summed E-state index contributed by atoms with van der Waals surface area (Å²) in [7, 11) is -3.54. The van der Waals surface area contributed by atoms with Crippen LogP contribution in [0, 0.1) is 0 Å². The van der Waals surface area contributed by atoms with Gasteiger partial charge < -0.3 is 0 Å². The molecule has 3 heterocycles. The van der Waals surface area contributed by atoms with E-state index in [1.165, 1.54) is 0 Å². The van der Waals surface area contributed by atoms with Crippen molar-refractivity contribution < 1.29 is 31.6 Å². The topological polar surface area (TPSA) is 51.2 Å². The number of phosphoric acid groups is 1. The molecule has 0 saturated carbocycles. The Morgan fingerprint density at radius 2 is 1.65 bits per heavy atom. The molecule has 0 aliphatic carbocycles. The van der Waals surface area contributed by atoms with E-state index in [0.29, 0.717) is 5.34 Å². The lowest BCUT2D eigenvalue weighted by atomic mass is 10.2. The Kier molecular flexibility index (Phi) is 2.08. The number of benzene rings is 1. The zero-order valence-corrected chi connectivity index (χ0v) is 8.81. The summed E-state index contributed by atoms with van der Waals surface area (Å²) >= 11 is 0. The normalized spacial score (nSPS) is 31.5.